The lowest BCUT2D eigenvalue weighted by molar-refractivity contribution is -0.162. The summed E-state index contributed by atoms with van der Waals surface area (Å²) in [5.41, 5.74) is -0.441. The molecule has 1 saturated carbocycles. The van der Waals surface area contributed by atoms with Crippen molar-refractivity contribution in [1.82, 2.24) is 0 Å². The second-order valence-corrected chi connectivity index (χ2v) is 9.66. The normalized spacial score (nSPS) is 36.8. The standard InChI is InChI=1S/C22H36O2/c1-15(2)18-9-8-16(3)14-19(18)24-20(23)22(7)12-10-17(11-13-22)21(4,5)6/h10-13,15-19H,8-9,14H2,1-7H3/t16-,17?,18+,19-,22?/m0/s1. The summed E-state index contributed by atoms with van der Waals surface area (Å²) < 4.78 is 6.06. The summed E-state index contributed by atoms with van der Waals surface area (Å²) in [4.78, 5) is 12.9. The van der Waals surface area contributed by atoms with Crippen LogP contribution in [0.1, 0.15) is 67.7 Å². The Bertz CT molecular complexity index is 493. The van der Waals surface area contributed by atoms with Crippen LogP contribution >= 0.6 is 0 Å². The van der Waals surface area contributed by atoms with Crippen LogP contribution in [0.15, 0.2) is 24.3 Å². The first-order valence-corrected chi connectivity index (χ1v) is 9.63. The molecule has 0 bridgehead atoms. The lowest BCUT2D eigenvalue weighted by Gasteiger charge is -2.38. The first kappa shape index (κ1) is 19.3. The summed E-state index contributed by atoms with van der Waals surface area (Å²) in [7, 11) is 0. The molecule has 1 fully saturated rings. The van der Waals surface area contributed by atoms with Crippen molar-refractivity contribution in [2.45, 2.75) is 73.8 Å². The minimum atomic E-state index is -0.621. The molecule has 3 atom stereocenters. The predicted molar refractivity (Wildman–Crippen MR) is 101 cm³/mol. The van der Waals surface area contributed by atoms with Crippen LogP contribution in [-0.2, 0) is 9.53 Å². The molecular weight excluding hydrogens is 296 g/mol. The first-order valence-electron chi connectivity index (χ1n) is 9.63. The molecule has 2 nitrogen and oxygen atoms in total. The fourth-order valence-corrected chi connectivity index (χ4v) is 3.95. The van der Waals surface area contributed by atoms with Gasteiger partial charge in [0, 0.05) is 0 Å². The second kappa shape index (κ2) is 7.06. The molecule has 136 valence electrons. The molecule has 0 saturated heterocycles. The van der Waals surface area contributed by atoms with E-state index in [4.69, 9.17) is 4.74 Å². The molecule has 0 spiro atoms. The largest absolute Gasteiger partial charge is 0.461 e. The van der Waals surface area contributed by atoms with E-state index in [1.165, 1.54) is 12.8 Å². The van der Waals surface area contributed by atoms with Crippen molar-refractivity contribution in [3.63, 3.8) is 0 Å². The molecule has 0 unspecified atom stereocenters. The Morgan fingerprint density at radius 1 is 1.17 bits per heavy atom. The lowest BCUT2D eigenvalue weighted by atomic mass is 9.73. The molecule has 2 aliphatic rings. The Labute approximate surface area is 148 Å². The van der Waals surface area contributed by atoms with Gasteiger partial charge in [0.15, 0.2) is 0 Å². The van der Waals surface area contributed by atoms with Crippen LogP contribution in [0.25, 0.3) is 0 Å². The highest BCUT2D eigenvalue weighted by Crippen LogP contribution is 2.39. The Kier molecular flexibility index (Phi) is 5.67. The van der Waals surface area contributed by atoms with E-state index in [0.717, 1.165) is 6.42 Å². The van der Waals surface area contributed by atoms with Gasteiger partial charge >= 0.3 is 5.97 Å². The topological polar surface area (TPSA) is 26.3 Å². The summed E-state index contributed by atoms with van der Waals surface area (Å²) in [5.74, 6) is 1.98. The fourth-order valence-electron chi connectivity index (χ4n) is 3.95. The maximum Gasteiger partial charge on any atom is 0.319 e. The van der Waals surface area contributed by atoms with E-state index in [9.17, 15) is 4.79 Å². The highest BCUT2D eigenvalue weighted by atomic mass is 16.5. The monoisotopic (exact) mass is 332 g/mol. The van der Waals surface area contributed by atoms with Crippen LogP contribution in [0.3, 0.4) is 0 Å². The SMILES string of the molecule is CC(C)[C@H]1CC[C@H](C)C[C@@H]1OC(=O)C1(C)C=CC(C(C)(C)C)C=C1. The molecule has 0 N–H and O–H groups in total. The average molecular weight is 333 g/mol. The van der Waals surface area contributed by atoms with Crippen molar-refractivity contribution in [3.05, 3.63) is 24.3 Å². The number of rotatable bonds is 3. The van der Waals surface area contributed by atoms with Gasteiger partial charge in [0.1, 0.15) is 11.5 Å². The van der Waals surface area contributed by atoms with Gasteiger partial charge in [-0.15, -0.1) is 0 Å². The lowest BCUT2D eigenvalue weighted by Crippen LogP contribution is -2.39. The van der Waals surface area contributed by atoms with Crippen LogP contribution in [0.4, 0.5) is 0 Å². The molecule has 2 rings (SSSR count). The molecule has 2 aliphatic carbocycles. The zero-order valence-corrected chi connectivity index (χ0v) is 16.6. The molecule has 0 aromatic carbocycles. The van der Waals surface area contributed by atoms with Gasteiger partial charge in [-0.1, -0.05) is 72.3 Å². The maximum absolute atomic E-state index is 12.9. The van der Waals surface area contributed by atoms with Crippen molar-refractivity contribution in [1.29, 1.82) is 0 Å². The predicted octanol–water partition coefficient (Wildman–Crippen LogP) is 5.79. The molecule has 0 amide bonds. The van der Waals surface area contributed by atoms with Gasteiger partial charge < -0.3 is 4.74 Å². The van der Waals surface area contributed by atoms with E-state index < -0.39 is 5.41 Å². The van der Waals surface area contributed by atoms with Crippen LogP contribution in [0.5, 0.6) is 0 Å². The molecule has 0 aliphatic heterocycles. The van der Waals surface area contributed by atoms with Crippen LogP contribution in [0, 0.1) is 34.5 Å². The van der Waals surface area contributed by atoms with Crippen molar-refractivity contribution >= 4 is 5.97 Å². The maximum atomic E-state index is 12.9. The molecule has 0 heterocycles. The van der Waals surface area contributed by atoms with Gasteiger partial charge in [0.25, 0.3) is 0 Å². The van der Waals surface area contributed by atoms with Gasteiger partial charge in [-0.3, -0.25) is 4.79 Å². The van der Waals surface area contributed by atoms with Crippen molar-refractivity contribution in [3.8, 4) is 0 Å². The van der Waals surface area contributed by atoms with Gasteiger partial charge in [-0.2, -0.15) is 0 Å². The summed E-state index contributed by atoms with van der Waals surface area (Å²) in [6, 6.07) is 0. The van der Waals surface area contributed by atoms with E-state index in [1.807, 2.05) is 19.1 Å². The van der Waals surface area contributed by atoms with Crippen LogP contribution in [-0.4, -0.2) is 12.1 Å². The minimum absolute atomic E-state index is 0.0696. The average Bonchev–Trinajstić information content (AvgIpc) is 2.46. The Morgan fingerprint density at radius 3 is 2.25 bits per heavy atom. The molecule has 0 radical (unpaired) electrons. The summed E-state index contributed by atoms with van der Waals surface area (Å²) >= 11 is 0. The van der Waals surface area contributed by atoms with Crippen molar-refractivity contribution in [2.24, 2.45) is 34.5 Å². The Morgan fingerprint density at radius 2 is 1.75 bits per heavy atom. The number of hydrogen-bond donors (Lipinski definition) is 0. The first-order chi connectivity index (χ1) is 11.0. The third kappa shape index (κ3) is 4.32. The van der Waals surface area contributed by atoms with Crippen molar-refractivity contribution < 1.29 is 9.53 Å². The molecular formula is C22H36O2. The smallest absolute Gasteiger partial charge is 0.319 e. The highest BCUT2D eigenvalue weighted by Gasteiger charge is 2.39. The third-order valence-electron chi connectivity index (χ3n) is 5.96. The third-order valence-corrected chi connectivity index (χ3v) is 5.96. The number of ether oxygens (including phenoxy) is 1. The zero-order valence-electron chi connectivity index (χ0n) is 16.6. The summed E-state index contributed by atoms with van der Waals surface area (Å²) in [5, 5.41) is 0. The molecule has 24 heavy (non-hydrogen) atoms. The minimum Gasteiger partial charge on any atom is -0.461 e. The summed E-state index contributed by atoms with van der Waals surface area (Å²) in [6.45, 7) is 15.4. The number of hydrogen-bond acceptors (Lipinski definition) is 2. The van der Waals surface area contributed by atoms with E-state index in [2.05, 4.69) is 53.7 Å². The molecule has 0 aromatic rings. The Hall–Kier alpha value is -1.05. The van der Waals surface area contributed by atoms with Gasteiger partial charge in [-0.25, -0.2) is 0 Å². The highest BCUT2D eigenvalue weighted by molar-refractivity contribution is 5.81. The fraction of sp³-hybridized carbons (Fsp3) is 0.773. The van der Waals surface area contributed by atoms with Gasteiger partial charge in [0.05, 0.1) is 0 Å². The van der Waals surface area contributed by atoms with E-state index in [1.54, 1.807) is 0 Å². The van der Waals surface area contributed by atoms with Crippen molar-refractivity contribution in [2.75, 3.05) is 0 Å². The molecule has 0 aromatic heterocycles. The van der Waals surface area contributed by atoms with E-state index >= 15 is 0 Å². The van der Waals surface area contributed by atoms with E-state index in [0.29, 0.717) is 23.7 Å². The summed E-state index contributed by atoms with van der Waals surface area (Å²) in [6.07, 6.45) is 11.9. The number of allylic oxidation sites excluding steroid dienone is 2. The Balaban J connectivity index is 2.07. The van der Waals surface area contributed by atoms with Crippen LogP contribution in [0.2, 0.25) is 0 Å². The second-order valence-electron chi connectivity index (χ2n) is 9.66. The van der Waals surface area contributed by atoms with Gasteiger partial charge in [0.2, 0.25) is 0 Å². The molecule has 2 heteroatoms. The quantitative estimate of drug-likeness (QED) is 0.483. The van der Waals surface area contributed by atoms with E-state index in [-0.39, 0.29) is 17.5 Å². The van der Waals surface area contributed by atoms with Gasteiger partial charge in [-0.05, 0) is 48.9 Å². The zero-order chi connectivity index (χ0) is 18.1. The number of carbonyl (C=O) groups excluding carboxylic acids is 1. The van der Waals surface area contributed by atoms with Crippen LogP contribution < -0.4 is 0 Å². The number of carbonyl (C=O) groups is 1. The number of esters is 1.